The summed E-state index contributed by atoms with van der Waals surface area (Å²) in [6, 6.07) is 8.65. The number of carbonyl (C=O) groups is 1. The van der Waals surface area contributed by atoms with E-state index in [1.165, 1.54) is 11.1 Å². The zero-order valence-electron chi connectivity index (χ0n) is 13.0. The van der Waals surface area contributed by atoms with Crippen molar-refractivity contribution in [1.29, 1.82) is 0 Å². The maximum atomic E-state index is 12.4. The first kappa shape index (κ1) is 14.4. The Morgan fingerprint density at radius 3 is 3.09 bits per heavy atom. The van der Waals surface area contributed by atoms with Crippen molar-refractivity contribution < 1.29 is 4.79 Å². The molecule has 0 unspecified atom stereocenters. The van der Waals surface area contributed by atoms with Gasteiger partial charge in [-0.3, -0.25) is 4.79 Å². The summed E-state index contributed by atoms with van der Waals surface area (Å²) in [6.45, 7) is 1.94. The van der Waals surface area contributed by atoms with Crippen LogP contribution in [-0.2, 0) is 6.42 Å². The lowest BCUT2D eigenvalue weighted by molar-refractivity contribution is 0.0925. The van der Waals surface area contributed by atoms with E-state index in [0.29, 0.717) is 6.04 Å². The van der Waals surface area contributed by atoms with Crippen molar-refractivity contribution in [2.75, 3.05) is 13.1 Å². The van der Waals surface area contributed by atoms with Crippen LogP contribution in [0.3, 0.4) is 0 Å². The van der Waals surface area contributed by atoms with Gasteiger partial charge in [-0.1, -0.05) is 24.3 Å². The molecule has 6 heteroatoms. The maximum Gasteiger partial charge on any atom is 0.291 e. The molecular formula is C17H21N5O. The SMILES string of the molecule is O=C(N[C@@H]1CCc2ccccc21)c1ncn([C@@H]2CCCNC2)n1. The summed E-state index contributed by atoms with van der Waals surface area (Å²) in [4.78, 5) is 16.6. The highest BCUT2D eigenvalue weighted by Crippen LogP contribution is 2.30. The fourth-order valence-corrected chi connectivity index (χ4v) is 3.54. The first-order chi connectivity index (χ1) is 11.3. The molecule has 2 atom stereocenters. The zero-order valence-corrected chi connectivity index (χ0v) is 13.0. The minimum absolute atomic E-state index is 0.0713. The van der Waals surface area contributed by atoms with Crippen LogP contribution in [-0.4, -0.2) is 33.8 Å². The smallest absolute Gasteiger partial charge is 0.291 e. The van der Waals surface area contributed by atoms with Crippen LogP contribution < -0.4 is 10.6 Å². The van der Waals surface area contributed by atoms with Gasteiger partial charge in [-0.2, -0.15) is 0 Å². The summed E-state index contributed by atoms with van der Waals surface area (Å²) in [5.41, 5.74) is 2.54. The van der Waals surface area contributed by atoms with Gasteiger partial charge in [-0.25, -0.2) is 9.67 Å². The van der Waals surface area contributed by atoms with Gasteiger partial charge in [0.15, 0.2) is 0 Å². The van der Waals surface area contributed by atoms with E-state index in [1.807, 2.05) is 16.8 Å². The number of rotatable bonds is 3. The summed E-state index contributed by atoms with van der Waals surface area (Å²) in [5, 5.41) is 10.8. The first-order valence-corrected chi connectivity index (χ1v) is 8.32. The average Bonchev–Trinajstić information content (AvgIpc) is 3.24. The van der Waals surface area contributed by atoms with Crippen molar-refractivity contribution in [3.05, 3.63) is 47.5 Å². The van der Waals surface area contributed by atoms with E-state index < -0.39 is 0 Å². The number of fused-ring (bicyclic) bond motifs is 1. The lowest BCUT2D eigenvalue weighted by Crippen LogP contribution is -2.32. The number of carbonyl (C=O) groups excluding carboxylic acids is 1. The molecule has 2 aromatic rings. The highest BCUT2D eigenvalue weighted by atomic mass is 16.2. The topological polar surface area (TPSA) is 71.8 Å². The quantitative estimate of drug-likeness (QED) is 0.903. The Bertz CT molecular complexity index is 705. The second kappa shape index (κ2) is 6.12. The number of benzene rings is 1. The van der Waals surface area contributed by atoms with Gasteiger partial charge in [-0.05, 0) is 43.4 Å². The molecule has 1 aromatic carbocycles. The Kier molecular flexibility index (Phi) is 3.83. The van der Waals surface area contributed by atoms with Crippen LogP contribution in [0, 0.1) is 0 Å². The molecule has 1 aromatic heterocycles. The molecule has 0 saturated carbocycles. The van der Waals surface area contributed by atoms with Gasteiger partial charge in [0.05, 0.1) is 12.1 Å². The number of nitrogens with zero attached hydrogens (tertiary/aromatic N) is 3. The number of hydrogen-bond acceptors (Lipinski definition) is 4. The van der Waals surface area contributed by atoms with Crippen molar-refractivity contribution in [1.82, 2.24) is 25.4 Å². The van der Waals surface area contributed by atoms with E-state index >= 15 is 0 Å². The van der Waals surface area contributed by atoms with E-state index in [0.717, 1.165) is 38.8 Å². The Morgan fingerprint density at radius 2 is 2.22 bits per heavy atom. The van der Waals surface area contributed by atoms with Crippen LogP contribution in [0.4, 0.5) is 0 Å². The number of aryl methyl sites for hydroxylation is 1. The monoisotopic (exact) mass is 311 g/mol. The van der Waals surface area contributed by atoms with E-state index in [-0.39, 0.29) is 17.8 Å². The molecule has 4 rings (SSSR count). The van der Waals surface area contributed by atoms with Gasteiger partial charge in [0.25, 0.3) is 5.91 Å². The third-order valence-electron chi connectivity index (χ3n) is 4.79. The van der Waals surface area contributed by atoms with Crippen LogP contribution >= 0.6 is 0 Å². The van der Waals surface area contributed by atoms with E-state index in [1.54, 1.807) is 6.33 Å². The summed E-state index contributed by atoms with van der Waals surface area (Å²) in [7, 11) is 0. The van der Waals surface area contributed by atoms with Crippen LogP contribution in [0.15, 0.2) is 30.6 Å². The Balaban J connectivity index is 1.45. The molecule has 23 heavy (non-hydrogen) atoms. The lowest BCUT2D eigenvalue weighted by Gasteiger charge is -2.22. The Morgan fingerprint density at radius 1 is 1.30 bits per heavy atom. The van der Waals surface area contributed by atoms with Crippen molar-refractivity contribution >= 4 is 5.91 Å². The Hall–Kier alpha value is -2.21. The standard InChI is InChI=1S/C17H21N5O/c23-17(20-15-8-7-12-4-1-2-6-14(12)15)16-19-11-22(21-16)13-5-3-9-18-10-13/h1-2,4,6,11,13,15,18H,3,5,7-10H2,(H,20,23)/t13-,15-/m1/s1. The average molecular weight is 311 g/mol. The zero-order chi connectivity index (χ0) is 15.6. The van der Waals surface area contributed by atoms with Gasteiger partial charge < -0.3 is 10.6 Å². The molecule has 0 bridgehead atoms. The first-order valence-electron chi connectivity index (χ1n) is 8.32. The normalized spacial score (nSPS) is 23.5. The van der Waals surface area contributed by atoms with Gasteiger partial charge in [-0.15, -0.1) is 5.10 Å². The van der Waals surface area contributed by atoms with E-state index in [4.69, 9.17) is 0 Å². The molecule has 2 aliphatic rings. The van der Waals surface area contributed by atoms with Crippen molar-refractivity contribution in [3.8, 4) is 0 Å². The highest BCUT2D eigenvalue weighted by Gasteiger charge is 2.25. The second-order valence-corrected chi connectivity index (χ2v) is 6.31. The fourth-order valence-electron chi connectivity index (χ4n) is 3.54. The molecule has 0 spiro atoms. The summed E-state index contributed by atoms with van der Waals surface area (Å²) in [6.07, 6.45) is 5.84. The van der Waals surface area contributed by atoms with Crippen LogP contribution in [0.25, 0.3) is 0 Å². The number of nitrogens with one attached hydrogen (secondary N) is 2. The van der Waals surface area contributed by atoms with Crippen molar-refractivity contribution in [2.45, 2.75) is 37.8 Å². The molecule has 1 aliphatic carbocycles. The largest absolute Gasteiger partial charge is 0.342 e. The summed E-state index contributed by atoms with van der Waals surface area (Å²) < 4.78 is 1.82. The third-order valence-corrected chi connectivity index (χ3v) is 4.79. The molecule has 1 saturated heterocycles. The molecule has 1 aliphatic heterocycles. The van der Waals surface area contributed by atoms with Gasteiger partial charge in [0.2, 0.25) is 5.82 Å². The molecule has 0 radical (unpaired) electrons. The maximum absolute atomic E-state index is 12.4. The van der Waals surface area contributed by atoms with Crippen molar-refractivity contribution in [3.63, 3.8) is 0 Å². The minimum Gasteiger partial charge on any atom is -0.342 e. The molecule has 2 heterocycles. The Labute approximate surface area is 135 Å². The summed E-state index contributed by atoms with van der Waals surface area (Å²) in [5.74, 6) is 0.0779. The number of amides is 1. The van der Waals surface area contributed by atoms with Gasteiger partial charge >= 0.3 is 0 Å². The number of hydrogen-bond donors (Lipinski definition) is 2. The molecular weight excluding hydrogens is 290 g/mol. The van der Waals surface area contributed by atoms with E-state index in [2.05, 4.69) is 32.8 Å². The van der Waals surface area contributed by atoms with Crippen molar-refractivity contribution in [2.24, 2.45) is 0 Å². The molecule has 120 valence electrons. The minimum atomic E-state index is -0.186. The summed E-state index contributed by atoms with van der Waals surface area (Å²) >= 11 is 0. The van der Waals surface area contributed by atoms with Gasteiger partial charge in [0.1, 0.15) is 6.33 Å². The predicted molar refractivity (Wildman–Crippen MR) is 86.1 cm³/mol. The van der Waals surface area contributed by atoms with Crippen LogP contribution in [0.1, 0.15) is 53.1 Å². The predicted octanol–water partition coefficient (Wildman–Crippen LogP) is 1.62. The van der Waals surface area contributed by atoms with Crippen LogP contribution in [0.2, 0.25) is 0 Å². The third kappa shape index (κ3) is 2.86. The molecule has 2 N–H and O–H groups in total. The highest BCUT2D eigenvalue weighted by molar-refractivity contribution is 5.90. The fraction of sp³-hybridized carbons (Fsp3) is 0.471. The van der Waals surface area contributed by atoms with E-state index in [9.17, 15) is 4.79 Å². The molecule has 1 amide bonds. The number of piperidine rings is 1. The second-order valence-electron chi connectivity index (χ2n) is 6.31. The molecule has 1 fully saturated rings. The lowest BCUT2D eigenvalue weighted by atomic mass is 10.1. The van der Waals surface area contributed by atoms with Crippen LogP contribution in [0.5, 0.6) is 0 Å². The number of aromatic nitrogens is 3. The van der Waals surface area contributed by atoms with Gasteiger partial charge in [0, 0.05) is 6.54 Å². The molecule has 6 nitrogen and oxygen atoms in total.